The minimum absolute atomic E-state index is 0.0406. The van der Waals surface area contributed by atoms with E-state index < -0.39 is 17.4 Å². The van der Waals surface area contributed by atoms with Crippen molar-refractivity contribution >= 4 is 17.9 Å². The van der Waals surface area contributed by atoms with Crippen LogP contribution in [0, 0.1) is 5.92 Å². The molecule has 0 aromatic rings. The highest BCUT2D eigenvalue weighted by atomic mass is 16.6. The second kappa shape index (κ2) is 16.8. The smallest absolute Gasteiger partial charge is 0.316 e. The summed E-state index contributed by atoms with van der Waals surface area (Å²) >= 11 is 0. The number of esters is 2. The molecule has 46 heavy (non-hydrogen) atoms. The molecule has 9 heteroatoms. The van der Waals surface area contributed by atoms with E-state index in [1.165, 1.54) is 52.1 Å². The zero-order valence-corrected chi connectivity index (χ0v) is 28.9. The Kier molecular flexibility index (Phi) is 12.9. The predicted molar refractivity (Wildman–Crippen MR) is 179 cm³/mol. The lowest BCUT2D eigenvalue weighted by Crippen LogP contribution is -2.71. The Bertz CT molecular complexity index is 1070. The Morgan fingerprint density at radius 3 is 2.39 bits per heavy atom. The fourth-order valence-corrected chi connectivity index (χ4v) is 8.61. The fraction of sp³-hybridized carbons (Fsp3) is 0.865. The van der Waals surface area contributed by atoms with Gasteiger partial charge in [-0.2, -0.15) is 0 Å². The normalized spacial score (nSPS) is 33.3. The van der Waals surface area contributed by atoms with E-state index in [2.05, 4.69) is 36.2 Å². The van der Waals surface area contributed by atoms with Crippen molar-refractivity contribution in [3.8, 4) is 0 Å². The summed E-state index contributed by atoms with van der Waals surface area (Å²) in [6.07, 6.45) is 26.4. The second-order valence-electron chi connectivity index (χ2n) is 14.5. The van der Waals surface area contributed by atoms with Crippen molar-refractivity contribution in [2.75, 3.05) is 13.7 Å². The molecule has 9 nitrogen and oxygen atoms in total. The van der Waals surface area contributed by atoms with Crippen LogP contribution in [0.25, 0.3) is 0 Å². The Hall–Kier alpha value is -2.13. The largest absolute Gasteiger partial charge is 0.469 e. The van der Waals surface area contributed by atoms with E-state index in [0.717, 1.165) is 89.4 Å². The lowest BCUT2D eigenvalue weighted by atomic mass is 9.80. The standard InChI is InChI=1S/C37H61N3O6/c1-4-30-20-15-16-24-36(46-30)27-29-22-23-31-33(37(25-18-19-28(2)45-37)39-35(38-36)40(29)31)34(42)44-26-17-13-11-9-7-5-6-8-10-12-14-21-32(41)43-3/h15,20,28-31,33H,4-14,16-19,21-27H2,1-3H3,(H,38,39). The number of rotatable bonds is 16. The van der Waals surface area contributed by atoms with Crippen LogP contribution in [-0.2, 0) is 28.5 Å². The van der Waals surface area contributed by atoms with E-state index in [9.17, 15) is 9.59 Å². The summed E-state index contributed by atoms with van der Waals surface area (Å²) < 4.78 is 24.2. The summed E-state index contributed by atoms with van der Waals surface area (Å²) in [5.74, 6) is 0.236. The Morgan fingerprint density at radius 2 is 1.70 bits per heavy atom. The highest BCUT2D eigenvalue weighted by molar-refractivity contribution is 5.87. The van der Waals surface area contributed by atoms with Crippen LogP contribution in [0.1, 0.15) is 149 Å². The summed E-state index contributed by atoms with van der Waals surface area (Å²) in [6, 6.07) is 0.347. The Balaban J connectivity index is 1.09. The number of carbonyl (C=O) groups excluding carboxylic acids is 2. The van der Waals surface area contributed by atoms with E-state index in [4.69, 9.17) is 23.9 Å². The van der Waals surface area contributed by atoms with Crippen molar-refractivity contribution in [1.29, 1.82) is 0 Å². The molecule has 0 amide bonds. The van der Waals surface area contributed by atoms with E-state index in [1.807, 2.05) is 0 Å². The molecule has 0 radical (unpaired) electrons. The fourth-order valence-electron chi connectivity index (χ4n) is 8.61. The van der Waals surface area contributed by atoms with Gasteiger partial charge < -0.3 is 29.2 Å². The van der Waals surface area contributed by atoms with Crippen LogP contribution < -0.4 is 5.32 Å². The summed E-state index contributed by atoms with van der Waals surface area (Å²) in [5.41, 5.74) is -1.30. The first kappa shape index (κ1) is 35.2. The van der Waals surface area contributed by atoms with E-state index >= 15 is 0 Å². The first-order valence-electron chi connectivity index (χ1n) is 18.8. The second-order valence-corrected chi connectivity index (χ2v) is 14.5. The van der Waals surface area contributed by atoms with Crippen molar-refractivity contribution in [2.24, 2.45) is 10.9 Å². The number of nitrogens with zero attached hydrogens (tertiary/aromatic N) is 2. The van der Waals surface area contributed by atoms with Gasteiger partial charge in [-0.05, 0) is 71.1 Å². The van der Waals surface area contributed by atoms with Gasteiger partial charge in [-0.1, -0.05) is 76.9 Å². The zero-order valence-electron chi connectivity index (χ0n) is 28.9. The average molecular weight is 644 g/mol. The number of nitrogens with one attached hydrogen (secondary N) is 1. The van der Waals surface area contributed by atoms with Gasteiger partial charge in [-0.25, -0.2) is 4.99 Å². The summed E-state index contributed by atoms with van der Waals surface area (Å²) in [6.45, 7) is 4.76. The molecular formula is C37H61N3O6. The average Bonchev–Trinajstić information content (AvgIpc) is 3.34. The first-order valence-corrected chi connectivity index (χ1v) is 18.8. The number of aliphatic imine (C=N–C) groups is 1. The molecule has 260 valence electrons. The lowest BCUT2D eigenvalue weighted by molar-refractivity contribution is -0.194. The number of unbranched alkanes of at least 4 members (excludes halogenated alkanes) is 10. The van der Waals surface area contributed by atoms with Crippen molar-refractivity contribution in [3.63, 3.8) is 0 Å². The maximum absolute atomic E-state index is 13.9. The SMILES string of the molecule is CCC1C=CCCC2(CC3CCC4C(C(=O)OCCCCCCCCCCCCCC(=O)OC)C5(CCCC(C)O5)N=C(N2)N34)O1. The number of ether oxygens (including phenoxy) is 4. The van der Waals surface area contributed by atoms with Gasteiger partial charge in [0.15, 0.2) is 11.7 Å². The van der Waals surface area contributed by atoms with Gasteiger partial charge in [0, 0.05) is 18.9 Å². The third-order valence-corrected chi connectivity index (χ3v) is 11.0. The van der Waals surface area contributed by atoms with Gasteiger partial charge in [0.25, 0.3) is 0 Å². The topological polar surface area (TPSA) is 98.7 Å². The van der Waals surface area contributed by atoms with Crippen LogP contribution >= 0.6 is 0 Å². The number of allylic oxidation sites excluding steroid dienone is 1. The van der Waals surface area contributed by atoms with Gasteiger partial charge >= 0.3 is 11.9 Å². The van der Waals surface area contributed by atoms with Gasteiger partial charge in [0.05, 0.1) is 32.0 Å². The van der Waals surface area contributed by atoms with Gasteiger partial charge in [0.1, 0.15) is 11.6 Å². The van der Waals surface area contributed by atoms with Crippen LogP contribution in [-0.4, -0.2) is 72.3 Å². The molecule has 2 spiro atoms. The van der Waals surface area contributed by atoms with Crippen molar-refractivity contribution < 1.29 is 28.5 Å². The van der Waals surface area contributed by atoms with Gasteiger partial charge in [0.2, 0.25) is 0 Å². The molecule has 5 heterocycles. The number of hydrogen-bond donors (Lipinski definition) is 1. The van der Waals surface area contributed by atoms with Crippen LogP contribution in [0.5, 0.6) is 0 Å². The molecule has 5 aliphatic heterocycles. The molecular weight excluding hydrogens is 582 g/mol. The van der Waals surface area contributed by atoms with Crippen LogP contribution in [0.2, 0.25) is 0 Å². The highest BCUT2D eigenvalue weighted by Gasteiger charge is 2.62. The molecule has 7 unspecified atom stereocenters. The molecule has 0 saturated carbocycles. The predicted octanol–water partition coefficient (Wildman–Crippen LogP) is 7.32. The molecule has 0 aliphatic carbocycles. The number of guanidine groups is 1. The molecule has 7 atom stereocenters. The molecule has 0 aromatic heterocycles. The van der Waals surface area contributed by atoms with Gasteiger partial charge in [-0.3, -0.25) is 9.59 Å². The highest BCUT2D eigenvalue weighted by Crippen LogP contribution is 2.50. The van der Waals surface area contributed by atoms with Crippen molar-refractivity contribution in [2.45, 2.75) is 184 Å². The zero-order chi connectivity index (χ0) is 32.4. The number of methoxy groups -OCH3 is 1. The molecule has 3 fully saturated rings. The molecule has 5 aliphatic rings. The molecule has 1 N–H and O–H groups in total. The van der Waals surface area contributed by atoms with Crippen LogP contribution in [0.4, 0.5) is 0 Å². The maximum atomic E-state index is 13.9. The van der Waals surface area contributed by atoms with Crippen molar-refractivity contribution in [1.82, 2.24) is 10.2 Å². The molecule has 3 saturated heterocycles. The van der Waals surface area contributed by atoms with Crippen LogP contribution in [0.15, 0.2) is 17.1 Å². The summed E-state index contributed by atoms with van der Waals surface area (Å²) in [5, 5.41) is 3.79. The van der Waals surface area contributed by atoms with Gasteiger partial charge in [-0.15, -0.1) is 0 Å². The molecule has 5 rings (SSSR count). The van der Waals surface area contributed by atoms with Crippen LogP contribution in [0.3, 0.4) is 0 Å². The van der Waals surface area contributed by atoms with E-state index in [1.54, 1.807) is 0 Å². The molecule has 0 bridgehead atoms. The van der Waals surface area contributed by atoms with E-state index in [0.29, 0.717) is 19.1 Å². The minimum atomic E-state index is -0.875. The van der Waals surface area contributed by atoms with Crippen molar-refractivity contribution in [3.05, 3.63) is 12.2 Å². The summed E-state index contributed by atoms with van der Waals surface area (Å²) in [7, 11) is 1.45. The summed E-state index contributed by atoms with van der Waals surface area (Å²) in [4.78, 5) is 32.8. The monoisotopic (exact) mass is 643 g/mol. The number of carbonyl (C=O) groups is 2. The number of hydrogen-bond acceptors (Lipinski definition) is 9. The third-order valence-electron chi connectivity index (χ3n) is 11.0. The Morgan fingerprint density at radius 1 is 0.978 bits per heavy atom. The minimum Gasteiger partial charge on any atom is -0.469 e. The Labute approximate surface area is 277 Å². The first-order chi connectivity index (χ1) is 22.4. The lowest BCUT2D eigenvalue weighted by Gasteiger charge is -2.55. The molecule has 0 aromatic carbocycles. The van der Waals surface area contributed by atoms with E-state index in [-0.39, 0.29) is 30.2 Å². The third kappa shape index (κ3) is 8.66. The maximum Gasteiger partial charge on any atom is 0.316 e. The quantitative estimate of drug-likeness (QED) is 0.106.